The highest BCUT2D eigenvalue weighted by molar-refractivity contribution is 8.26. The maximum atomic E-state index is 12.3. The second kappa shape index (κ2) is 6.19. The molecule has 0 aromatic heterocycles. The van der Waals surface area contributed by atoms with Crippen LogP contribution in [0.15, 0.2) is 35.2 Å². The van der Waals surface area contributed by atoms with Crippen molar-refractivity contribution in [2.75, 3.05) is 0 Å². The monoisotopic (exact) mass is 307 g/mol. The quantitative estimate of drug-likeness (QED) is 0.684. The summed E-state index contributed by atoms with van der Waals surface area (Å²) in [7, 11) is 0. The van der Waals surface area contributed by atoms with Crippen molar-refractivity contribution in [2.24, 2.45) is 0 Å². The Balaban J connectivity index is 2.29. The maximum Gasteiger partial charge on any atom is 0.326 e. The molecule has 1 amide bonds. The molecule has 2 rings (SSSR count). The van der Waals surface area contributed by atoms with Gasteiger partial charge < -0.3 is 5.11 Å². The third kappa shape index (κ3) is 2.91. The van der Waals surface area contributed by atoms with Crippen molar-refractivity contribution in [2.45, 2.75) is 19.4 Å². The molecular formula is C14H13NO3S2. The molecule has 0 radical (unpaired) electrons. The van der Waals surface area contributed by atoms with Gasteiger partial charge in [-0.25, -0.2) is 4.79 Å². The van der Waals surface area contributed by atoms with Gasteiger partial charge in [0.1, 0.15) is 10.4 Å². The molecule has 1 aromatic carbocycles. The van der Waals surface area contributed by atoms with Crippen molar-refractivity contribution in [1.82, 2.24) is 4.90 Å². The first-order valence-corrected chi connectivity index (χ1v) is 7.32. The number of carbonyl (C=O) groups excluding carboxylic acids is 1. The second-order valence-electron chi connectivity index (χ2n) is 4.22. The van der Waals surface area contributed by atoms with Gasteiger partial charge in [-0.05, 0) is 18.1 Å². The average Bonchev–Trinajstić information content (AvgIpc) is 2.68. The van der Waals surface area contributed by atoms with Crippen LogP contribution in [0, 0.1) is 0 Å². The fourth-order valence-corrected chi connectivity index (χ4v) is 3.27. The molecule has 1 saturated heterocycles. The number of benzene rings is 1. The Morgan fingerprint density at radius 1 is 1.45 bits per heavy atom. The largest absolute Gasteiger partial charge is 0.480 e. The van der Waals surface area contributed by atoms with E-state index in [9.17, 15) is 9.59 Å². The Morgan fingerprint density at radius 2 is 2.10 bits per heavy atom. The molecule has 104 valence electrons. The Hall–Kier alpha value is -1.66. The molecule has 1 aromatic rings. The number of rotatable bonds is 4. The zero-order valence-electron chi connectivity index (χ0n) is 10.8. The van der Waals surface area contributed by atoms with E-state index in [1.54, 1.807) is 13.0 Å². The van der Waals surface area contributed by atoms with E-state index < -0.39 is 12.0 Å². The van der Waals surface area contributed by atoms with Gasteiger partial charge in [-0.3, -0.25) is 9.69 Å². The summed E-state index contributed by atoms with van der Waals surface area (Å²) in [5, 5.41) is 9.16. The van der Waals surface area contributed by atoms with Crippen molar-refractivity contribution in [1.29, 1.82) is 0 Å². The van der Waals surface area contributed by atoms with Gasteiger partial charge in [0, 0.05) is 0 Å². The molecule has 1 aliphatic rings. The molecule has 1 unspecified atom stereocenters. The summed E-state index contributed by atoms with van der Waals surface area (Å²) in [4.78, 5) is 25.2. The second-order valence-corrected chi connectivity index (χ2v) is 5.90. The van der Waals surface area contributed by atoms with Crippen LogP contribution in [0.2, 0.25) is 0 Å². The summed E-state index contributed by atoms with van der Waals surface area (Å²) < 4.78 is 0.298. The minimum atomic E-state index is -1.04. The number of carbonyl (C=O) groups is 2. The number of thiocarbonyl (C=S) groups is 1. The fraction of sp³-hybridized carbons (Fsp3) is 0.214. The van der Waals surface area contributed by atoms with E-state index in [2.05, 4.69) is 0 Å². The molecule has 0 saturated carbocycles. The molecule has 20 heavy (non-hydrogen) atoms. The fourth-order valence-electron chi connectivity index (χ4n) is 1.92. The van der Waals surface area contributed by atoms with E-state index >= 15 is 0 Å². The molecule has 1 heterocycles. The van der Waals surface area contributed by atoms with Gasteiger partial charge in [0.2, 0.25) is 0 Å². The molecule has 1 aliphatic heterocycles. The predicted octanol–water partition coefficient (Wildman–Crippen LogP) is 2.75. The summed E-state index contributed by atoms with van der Waals surface area (Å²) >= 11 is 6.28. The SMILES string of the molecule is CCC(C(=O)O)N1C(=O)/C(=C\c2ccccc2)SC1=S. The zero-order chi connectivity index (χ0) is 14.7. The Labute approximate surface area is 126 Å². The van der Waals surface area contributed by atoms with Gasteiger partial charge in [-0.1, -0.05) is 61.2 Å². The molecule has 1 N–H and O–H groups in total. The van der Waals surface area contributed by atoms with Crippen LogP contribution in [0.4, 0.5) is 0 Å². The molecule has 6 heteroatoms. The van der Waals surface area contributed by atoms with Crippen molar-refractivity contribution in [3.63, 3.8) is 0 Å². The number of carboxylic acid groups (broad SMARTS) is 1. The molecule has 1 atom stereocenters. The van der Waals surface area contributed by atoms with Crippen molar-refractivity contribution < 1.29 is 14.7 Å². The number of thioether (sulfide) groups is 1. The number of nitrogens with zero attached hydrogens (tertiary/aromatic N) is 1. The van der Waals surface area contributed by atoms with E-state index in [-0.39, 0.29) is 5.91 Å². The van der Waals surface area contributed by atoms with Crippen LogP contribution in [0.1, 0.15) is 18.9 Å². The van der Waals surface area contributed by atoms with Crippen LogP contribution in [0.25, 0.3) is 6.08 Å². The maximum absolute atomic E-state index is 12.3. The van der Waals surface area contributed by atoms with Crippen LogP contribution < -0.4 is 0 Å². The summed E-state index contributed by atoms with van der Waals surface area (Å²) in [5.74, 6) is -1.37. The summed E-state index contributed by atoms with van der Waals surface area (Å²) in [5.41, 5.74) is 0.886. The normalized spacial score (nSPS) is 18.6. The zero-order valence-corrected chi connectivity index (χ0v) is 12.4. The van der Waals surface area contributed by atoms with E-state index in [0.717, 1.165) is 17.3 Å². The average molecular weight is 307 g/mol. The lowest BCUT2D eigenvalue weighted by Crippen LogP contribution is -2.43. The number of carboxylic acids is 1. The Morgan fingerprint density at radius 3 is 2.65 bits per heavy atom. The molecule has 4 nitrogen and oxygen atoms in total. The molecule has 1 fully saturated rings. The summed E-state index contributed by atoms with van der Waals surface area (Å²) in [6.45, 7) is 1.72. The third-order valence-electron chi connectivity index (χ3n) is 2.90. The van der Waals surface area contributed by atoms with Crippen LogP contribution in [-0.2, 0) is 9.59 Å². The van der Waals surface area contributed by atoms with Crippen LogP contribution in [0.3, 0.4) is 0 Å². The topological polar surface area (TPSA) is 57.6 Å². The molecule has 0 spiro atoms. The van der Waals surface area contributed by atoms with Gasteiger partial charge in [-0.15, -0.1) is 0 Å². The van der Waals surface area contributed by atoms with Crippen LogP contribution in [-0.4, -0.2) is 32.2 Å². The molecule has 0 aliphatic carbocycles. The minimum Gasteiger partial charge on any atom is -0.480 e. The van der Waals surface area contributed by atoms with Gasteiger partial charge in [0.25, 0.3) is 5.91 Å². The smallest absolute Gasteiger partial charge is 0.326 e. The number of hydrogen-bond acceptors (Lipinski definition) is 4. The first-order chi connectivity index (χ1) is 9.54. The number of amides is 1. The van der Waals surface area contributed by atoms with Gasteiger partial charge >= 0.3 is 5.97 Å². The van der Waals surface area contributed by atoms with Gasteiger partial charge in [0.05, 0.1) is 4.91 Å². The van der Waals surface area contributed by atoms with Crippen LogP contribution >= 0.6 is 24.0 Å². The van der Waals surface area contributed by atoms with E-state index in [1.807, 2.05) is 30.3 Å². The van der Waals surface area contributed by atoms with Gasteiger partial charge in [-0.2, -0.15) is 0 Å². The van der Waals surface area contributed by atoms with Crippen LogP contribution in [0.5, 0.6) is 0 Å². The highest BCUT2D eigenvalue weighted by Crippen LogP contribution is 2.34. The lowest BCUT2D eigenvalue weighted by atomic mass is 10.2. The van der Waals surface area contributed by atoms with Crippen molar-refractivity contribution in [3.05, 3.63) is 40.8 Å². The third-order valence-corrected chi connectivity index (χ3v) is 4.23. The first kappa shape index (κ1) is 14.7. The standard InChI is InChI=1S/C14H13NO3S2/c1-2-10(13(17)18)15-12(16)11(20-14(15)19)8-9-6-4-3-5-7-9/h3-8,10H,2H2,1H3,(H,17,18)/b11-8+. The number of hydrogen-bond donors (Lipinski definition) is 1. The highest BCUT2D eigenvalue weighted by atomic mass is 32.2. The lowest BCUT2D eigenvalue weighted by molar-refractivity contribution is -0.145. The summed E-state index contributed by atoms with van der Waals surface area (Å²) in [6, 6.07) is 8.49. The van der Waals surface area contributed by atoms with Crippen molar-refractivity contribution in [3.8, 4) is 0 Å². The van der Waals surface area contributed by atoms with E-state index in [4.69, 9.17) is 17.3 Å². The van der Waals surface area contributed by atoms with Crippen molar-refractivity contribution >= 4 is 46.3 Å². The van der Waals surface area contributed by atoms with Gasteiger partial charge in [0.15, 0.2) is 0 Å². The Bertz CT molecular complexity index is 583. The Kier molecular flexibility index (Phi) is 4.57. The summed E-state index contributed by atoms with van der Waals surface area (Å²) in [6.07, 6.45) is 2.05. The molecular weight excluding hydrogens is 294 g/mol. The first-order valence-electron chi connectivity index (χ1n) is 6.09. The highest BCUT2D eigenvalue weighted by Gasteiger charge is 2.39. The van der Waals surface area contributed by atoms with E-state index in [1.165, 1.54) is 4.90 Å². The minimum absolute atomic E-state index is 0.298. The molecule has 0 bridgehead atoms. The lowest BCUT2D eigenvalue weighted by Gasteiger charge is -2.21. The predicted molar refractivity (Wildman–Crippen MR) is 83.2 cm³/mol. The van der Waals surface area contributed by atoms with E-state index in [0.29, 0.717) is 15.6 Å². The number of aliphatic carboxylic acids is 1.